The van der Waals surface area contributed by atoms with E-state index in [1.807, 2.05) is 39.2 Å². The van der Waals surface area contributed by atoms with Gasteiger partial charge >= 0.3 is 0 Å². The number of carbonyl (C=O) groups is 1. The molecule has 2 aliphatic carbocycles. The lowest BCUT2D eigenvalue weighted by atomic mass is 9.86. The molecule has 0 saturated carbocycles. The number of benzene rings is 1. The molecule has 24 heavy (non-hydrogen) atoms. The fraction of sp³-hybridized carbons (Fsp3) is 0.167. The van der Waals surface area contributed by atoms with Crippen LogP contribution in [0.1, 0.15) is 21.5 Å². The Balaban J connectivity index is 2.40. The van der Waals surface area contributed by atoms with Gasteiger partial charge in [-0.05, 0) is 30.2 Å². The zero-order valence-corrected chi connectivity index (χ0v) is 16.2. The Morgan fingerprint density at radius 1 is 0.875 bits per heavy atom. The van der Waals surface area contributed by atoms with Crippen LogP contribution < -0.4 is 0 Å². The second kappa shape index (κ2) is 6.27. The number of nitrogens with zero attached hydrogens (tertiary/aromatic N) is 1. The number of carbonyl (C=O) groups excluding carboxylic acids is 1. The van der Waals surface area contributed by atoms with Gasteiger partial charge in [0.15, 0.2) is 0 Å². The number of aryl methyl sites for hydroxylation is 1. The van der Waals surface area contributed by atoms with Gasteiger partial charge in [0.2, 0.25) is 5.78 Å². The molecule has 0 amide bonds. The lowest BCUT2D eigenvalue weighted by Crippen LogP contribution is -2.23. The first-order valence-corrected chi connectivity index (χ1v) is 8.66. The lowest BCUT2D eigenvalue weighted by molar-refractivity contribution is 0.100. The fourth-order valence-corrected chi connectivity index (χ4v) is 3.89. The zero-order chi connectivity index (χ0) is 17.8. The molecule has 0 fully saturated rings. The topological polar surface area (TPSA) is 20.3 Å². The van der Waals surface area contributed by atoms with E-state index in [1.54, 1.807) is 11.0 Å². The molecule has 124 valence electrons. The standard InChI is InChI=1S/C18H13Cl4NO/c1-8-4-5-9-10(13-14(19)16(21)17(22)15(13)20)7-12(23(2)3)18(24)11(9)6-8/h4-7H,1-3H3. The summed E-state index contributed by atoms with van der Waals surface area (Å²) in [6, 6.07) is 5.69. The van der Waals surface area contributed by atoms with Crippen molar-refractivity contribution in [3.05, 3.63) is 72.4 Å². The average Bonchev–Trinajstić information content (AvgIpc) is 2.72. The van der Waals surface area contributed by atoms with Gasteiger partial charge in [-0.15, -0.1) is 0 Å². The molecule has 0 aromatic heterocycles. The molecule has 1 aromatic rings. The summed E-state index contributed by atoms with van der Waals surface area (Å²) in [5.74, 6) is -0.0431. The highest BCUT2D eigenvalue weighted by Crippen LogP contribution is 2.49. The maximum Gasteiger partial charge on any atom is 0.209 e. The molecule has 1 aromatic carbocycles. The molecular weight excluding hydrogens is 388 g/mol. The van der Waals surface area contributed by atoms with E-state index in [9.17, 15) is 4.79 Å². The normalized spacial score (nSPS) is 17.6. The van der Waals surface area contributed by atoms with Gasteiger partial charge in [0.05, 0.1) is 25.8 Å². The highest BCUT2D eigenvalue weighted by atomic mass is 35.5. The first-order chi connectivity index (χ1) is 11.2. The number of halogens is 4. The van der Waals surface area contributed by atoms with Crippen molar-refractivity contribution in [3.63, 3.8) is 0 Å². The summed E-state index contributed by atoms with van der Waals surface area (Å²) in [5, 5.41) is 1.01. The summed E-state index contributed by atoms with van der Waals surface area (Å²) < 4.78 is 0. The highest BCUT2D eigenvalue weighted by Gasteiger charge is 2.32. The summed E-state index contributed by atoms with van der Waals surface area (Å²) in [6.45, 7) is 1.94. The molecule has 0 radical (unpaired) electrons. The molecule has 0 saturated heterocycles. The fourth-order valence-electron chi connectivity index (χ4n) is 2.78. The third-order valence-corrected chi connectivity index (χ3v) is 5.79. The molecule has 2 aliphatic rings. The third-order valence-electron chi connectivity index (χ3n) is 3.99. The van der Waals surface area contributed by atoms with E-state index in [4.69, 9.17) is 46.4 Å². The molecule has 0 bridgehead atoms. The molecule has 0 atom stereocenters. The maximum atomic E-state index is 12.8. The minimum absolute atomic E-state index is 0.0431. The lowest BCUT2D eigenvalue weighted by Gasteiger charge is -2.25. The van der Waals surface area contributed by atoms with Gasteiger partial charge in [-0.25, -0.2) is 0 Å². The van der Waals surface area contributed by atoms with Gasteiger partial charge in [0.1, 0.15) is 0 Å². The van der Waals surface area contributed by atoms with E-state index >= 15 is 0 Å². The number of ketones is 1. The second-order valence-electron chi connectivity index (χ2n) is 5.85. The van der Waals surface area contributed by atoms with Crippen molar-refractivity contribution in [1.82, 2.24) is 4.90 Å². The minimum Gasteiger partial charge on any atom is -0.374 e. The quantitative estimate of drug-likeness (QED) is 0.595. The number of fused-ring (bicyclic) bond motifs is 1. The minimum atomic E-state index is -0.0431. The third kappa shape index (κ3) is 2.62. The van der Waals surface area contributed by atoms with E-state index in [2.05, 4.69) is 0 Å². The Morgan fingerprint density at radius 2 is 1.46 bits per heavy atom. The highest BCUT2D eigenvalue weighted by molar-refractivity contribution is 6.55. The van der Waals surface area contributed by atoms with Crippen LogP contribution in [0.25, 0.3) is 5.57 Å². The molecule has 0 unspecified atom stereocenters. The van der Waals surface area contributed by atoms with E-state index in [-0.39, 0.29) is 25.9 Å². The first kappa shape index (κ1) is 17.6. The van der Waals surface area contributed by atoms with E-state index in [0.29, 0.717) is 16.8 Å². The van der Waals surface area contributed by atoms with Crippen LogP contribution >= 0.6 is 46.4 Å². The van der Waals surface area contributed by atoms with Crippen LogP contribution in [0.3, 0.4) is 0 Å². The Hall–Kier alpha value is -1.19. The van der Waals surface area contributed by atoms with E-state index in [0.717, 1.165) is 16.7 Å². The Labute approximate surface area is 160 Å². The Kier molecular flexibility index (Phi) is 4.61. The van der Waals surface area contributed by atoms with Crippen LogP contribution in [-0.4, -0.2) is 24.8 Å². The van der Waals surface area contributed by atoms with Gasteiger partial charge in [0, 0.05) is 25.2 Å². The number of hydrogen-bond acceptors (Lipinski definition) is 2. The predicted molar refractivity (Wildman–Crippen MR) is 102 cm³/mol. The molecule has 0 spiro atoms. The van der Waals surface area contributed by atoms with E-state index in [1.165, 1.54) is 0 Å². The van der Waals surface area contributed by atoms with Crippen LogP contribution in [0, 0.1) is 6.92 Å². The molecule has 6 heteroatoms. The van der Waals surface area contributed by atoms with Crippen molar-refractivity contribution < 1.29 is 4.79 Å². The van der Waals surface area contributed by atoms with Crippen LogP contribution in [-0.2, 0) is 0 Å². The predicted octanol–water partition coefficient (Wildman–Crippen LogP) is 5.78. The first-order valence-electron chi connectivity index (χ1n) is 7.14. The van der Waals surface area contributed by atoms with Crippen LogP contribution in [0.15, 0.2) is 55.7 Å². The molecule has 0 N–H and O–H groups in total. The average molecular weight is 401 g/mol. The van der Waals surface area contributed by atoms with Gasteiger partial charge in [-0.1, -0.05) is 64.1 Å². The van der Waals surface area contributed by atoms with Gasteiger partial charge in [0.25, 0.3) is 0 Å². The van der Waals surface area contributed by atoms with Crippen molar-refractivity contribution in [2.24, 2.45) is 0 Å². The SMILES string of the molecule is Cc1ccc2c(c1)C(=O)C(N(C)C)=CC2=C1C(Cl)=C(Cl)C(Cl)=C1Cl. The number of likely N-dealkylation sites (N-methyl/N-ethyl adjacent to an activating group) is 1. The van der Waals surface area contributed by atoms with Crippen molar-refractivity contribution in [1.29, 1.82) is 0 Å². The molecule has 0 heterocycles. The number of rotatable bonds is 1. The van der Waals surface area contributed by atoms with Crippen LogP contribution in [0.2, 0.25) is 0 Å². The molecule has 3 rings (SSSR count). The van der Waals surface area contributed by atoms with Gasteiger partial charge in [-0.2, -0.15) is 0 Å². The van der Waals surface area contributed by atoms with Crippen molar-refractivity contribution in [2.75, 3.05) is 14.1 Å². The number of hydrogen-bond donors (Lipinski definition) is 0. The summed E-state index contributed by atoms with van der Waals surface area (Å²) in [6.07, 6.45) is 1.78. The zero-order valence-electron chi connectivity index (χ0n) is 13.2. The Morgan fingerprint density at radius 3 is 2.00 bits per heavy atom. The summed E-state index contributed by atoms with van der Waals surface area (Å²) in [7, 11) is 3.63. The van der Waals surface area contributed by atoms with Crippen LogP contribution in [0.5, 0.6) is 0 Å². The van der Waals surface area contributed by atoms with Crippen molar-refractivity contribution in [3.8, 4) is 0 Å². The summed E-state index contributed by atoms with van der Waals surface area (Å²) >= 11 is 25.0. The number of Topliss-reactive ketones (excluding diaryl/α,β-unsaturated/α-hetero) is 1. The smallest absolute Gasteiger partial charge is 0.209 e. The monoisotopic (exact) mass is 399 g/mol. The number of allylic oxidation sites excluding steroid dienone is 8. The molecule has 0 aliphatic heterocycles. The summed E-state index contributed by atoms with van der Waals surface area (Å²) in [4.78, 5) is 14.6. The van der Waals surface area contributed by atoms with Gasteiger partial charge < -0.3 is 4.90 Å². The largest absolute Gasteiger partial charge is 0.374 e. The van der Waals surface area contributed by atoms with Crippen molar-refractivity contribution in [2.45, 2.75) is 6.92 Å². The van der Waals surface area contributed by atoms with Gasteiger partial charge in [-0.3, -0.25) is 4.79 Å². The van der Waals surface area contributed by atoms with E-state index < -0.39 is 0 Å². The van der Waals surface area contributed by atoms with Crippen molar-refractivity contribution >= 4 is 57.8 Å². The second-order valence-corrected chi connectivity index (χ2v) is 7.36. The molecule has 2 nitrogen and oxygen atoms in total. The summed E-state index contributed by atoms with van der Waals surface area (Å²) in [5.41, 5.74) is 4.19. The van der Waals surface area contributed by atoms with Crippen LogP contribution in [0.4, 0.5) is 0 Å². The maximum absolute atomic E-state index is 12.8. The Bertz CT molecular complexity index is 878. The molecular formula is C18H13Cl4NO.